The molecule has 0 aliphatic carbocycles. The molecule has 22 heavy (non-hydrogen) atoms. The number of hydrogen-bond acceptors (Lipinski definition) is 4. The molecule has 0 atom stereocenters. The van der Waals surface area contributed by atoms with Gasteiger partial charge in [-0.15, -0.1) is 11.3 Å². The highest BCUT2D eigenvalue weighted by atomic mass is 32.1. The van der Waals surface area contributed by atoms with Gasteiger partial charge in [0.05, 0.1) is 38.9 Å². The molecule has 0 saturated carbocycles. The number of rotatable bonds is 3. The van der Waals surface area contributed by atoms with Crippen molar-refractivity contribution >= 4 is 33.4 Å². The van der Waals surface area contributed by atoms with E-state index in [1.54, 1.807) is 21.5 Å². The van der Waals surface area contributed by atoms with Crippen LogP contribution in [-0.2, 0) is 6.42 Å². The first-order valence-corrected chi connectivity index (χ1v) is 7.52. The first-order chi connectivity index (χ1) is 10.6. The largest absolute Gasteiger partial charge is 0.370 e. The number of amides is 1. The molecule has 0 unspecified atom stereocenters. The van der Waals surface area contributed by atoms with Gasteiger partial charge in [0.25, 0.3) is 5.91 Å². The molecule has 0 spiro atoms. The zero-order valence-electron chi connectivity index (χ0n) is 11.9. The van der Waals surface area contributed by atoms with Crippen molar-refractivity contribution in [2.45, 2.75) is 13.3 Å². The van der Waals surface area contributed by atoms with Crippen LogP contribution < -0.4 is 11.5 Å². The number of nitrogens with two attached hydrogens (primary N) is 2. The van der Waals surface area contributed by atoms with E-state index in [-0.39, 0.29) is 5.96 Å². The molecule has 3 rings (SSSR count). The van der Waals surface area contributed by atoms with E-state index in [9.17, 15) is 4.79 Å². The summed E-state index contributed by atoms with van der Waals surface area (Å²) in [6.07, 6.45) is 2.12. The fraction of sp³-hybridized carbons (Fsp3) is 0.143. The van der Waals surface area contributed by atoms with Crippen LogP contribution in [0, 0.1) is 0 Å². The molecule has 112 valence electrons. The highest BCUT2D eigenvalue weighted by Gasteiger charge is 2.17. The summed E-state index contributed by atoms with van der Waals surface area (Å²) < 4.78 is 2.79. The molecule has 3 aromatic rings. The van der Waals surface area contributed by atoms with E-state index in [0.29, 0.717) is 12.0 Å². The Bertz CT molecular complexity index is 874. The molecule has 0 radical (unpaired) electrons. The Hall–Kier alpha value is -2.74. The predicted octanol–water partition coefficient (Wildman–Crippen LogP) is 1.46. The van der Waals surface area contributed by atoms with Crippen molar-refractivity contribution in [2.24, 2.45) is 16.5 Å². The number of aromatic nitrogens is 3. The van der Waals surface area contributed by atoms with E-state index in [1.165, 1.54) is 6.20 Å². The SMILES string of the molecule is CCc1c(C(=O)N=C(N)N)cnn1-c1ccc2ncsc2c1. The third-order valence-corrected chi connectivity index (χ3v) is 4.02. The van der Waals surface area contributed by atoms with Crippen molar-refractivity contribution in [2.75, 3.05) is 0 Å². The summed E-state index contributed by atoms with van der Waals surface area (Å²) in [5.41, 5.74) is 15.3. The monoisotopic (exact) mass is 314 g/mol. The average Bonchev–Trinajstić information content (AvgIpc) is 3.11. The van der Waals surface area contributed by atoms with Crippen molar-refractivity contribution < 1.29 is 4.79 Å². The normalized spacial score (nSPS) is 10.8. The molecule has 0 aliphatic heterocycles. The fourth-order valence-electron chi connectivity index (χ4n) is 2.27. The standard InChI is InChI=1S/C14H14N6OS/c1-2-11-9(13(21)19-14(15)16)6-18-20(11)8-3-4-10-12(5-8)22-7-17-10/h3-7H,2H2,1H3,(H4,15,16,19,21). The minimum absolute atomic E-state index is 0.258. The maximum absolute atomic E-state index is 12.0. The number of guanidine groups is 1. The van der Waals surface area contributed by atoms with Crippen LogP contribution in [0.5, 0.6) is 0 Å². The van der Waals surface area contributed by atoms with Gasteiger partial charge in [0.2, 0.25) is 0 Å². The maximum Gasteiger partial charge on any atom is 0.283 e. The molecular weight excluding hydrogens is 300 g/mol. The smallest absolute Gasteiger partial charge is 0.283 e. The summed E-state index contributed by atoms with van der Waals surface area (Å²) in [7, 11) is 0. The summed E-state index contributed by atoms with van der Waals surface area (Å²) in [6.45, 7) is 1.95. The van der Waals surface area contributed by atoms with Crippen LogP contribution >= 0.6 is 11.3 Å². The van der Waals surface area contributed by atoms with Gasteiger partial charge < -0.3 is 11.5 Å². The number of carbonyl (C=O) groups is 1. The van der Waals surface area contributed by atoms with Crippen LogP contribution in [0.4, 0.5) is 0 Å². The lowest BCUT2D eigenvalue weighted by Gasteiger charge is -2.07. The number of thiazole rings is 1. The van der Waals surface area contributed by atoms with Crippen molar-refractivity contribution in [3.8, 4) is 5.69 Å². The summed E-state index contributed by atoms with van der Waals surface area (Å²) in [6, 6.07) is 5.84. The predicted molar refractivity (Wildman–Crippen MR) is 86.3 cm³/mol. The molecule has 0 saturated heterocycles. The van der Waals surface area contributed by atoms with E-state index in [4.69, 9.17) is 11.5 Å². The number of carbonyl (C=O) groups excluding carboxylic acids is 1. The van der Waals surface area contributed by atoms with Crippen LogP contribution in [0.15, 0.2) is 34.9 Å². The first-order valence-electron chi connectivity index (χ1n) is 6.64. The third-order valence-electron chi connectivity index (χ3n) is 3.22. The molecule has 0 fully saturated rings. The molecule has 7 nitrogen and oxygen atoms in total. The van der Waals surface area contributed by atoms with Crippen molar-refractivity contribution in [1.29, 1.82) is 0 Å². The number of fused-ring (bicyclic) bond motifs is 1. The Balaban J connectivity index is 2.09. The minimum atomic E-state index is -0.484. The molecule has 8 heteroatoms. The van der Waals surface area contributed by atoms with Gasteiger partial charge in [-0.25, -0.2) is 9.67 Å². The van der Waals surface area contributed by atoms with Crippen LogP contribution in [0.25, 0.3) is 15.9 Å². The van der Waals surface area contributed by atoms with Gasteiger partial charge in [-0.3, -0.25) is 4.79 Å². The molecule has 4 N–H and O–H groups in total. The summed E-state index contributed by atoms with van der Waals surface area (Å²) in [4.78, 5) is 19.9. The number of aliphatic imine (C=N–C) groups is 1. The Kier molecular flexibility index (Phi) is 3.60. The zero-order valence-corrected chi connectivity index (χ0v) is 12.7. The molecular formula is C14H14N6OS. The molecule has 0 aliphatic rings. The Morgan fingerprint density at radius 1 is 1.41 bits per heavy atom. The number of hydrogen-bond donors (Lipinski definition) is 2. The maximum atomic E-state index is 12.0. The van der Waals surface area contributed by atoms with Crippen LogP contribution in [0.2, 0.25) is 0 Å². The highest BCUT2D eigenvalue weighted by Crippen LogP contribution is 2.23. The van der Waals surface area contributed by atoms with E-state index in [0.717, 1.165) is 21.6 Å². The van der Waals surface area contributed by atoms with Crippen LogP contribution in [-0.4, -0.2) is 26.6 Å². The van der Waals surface area contributed by atoms with E-state index in [1.807, 2.05) is 25.1 Å². The number of benzene rings is 1. The summed E-state index contributed by atoms with van der Waals surface area (Å²) in [5.74, 6) is -0.743. The molecule has 1 amide bonds. The lowest BCUT2D eigenvalue weighted by atomic mass is 10.2. The fourth-order valence-corrected chi connectivity index (χ4v) is 2.98. The lowest BCUT2D eigenvalue weighted by Crippen LogP contribution is -2.24. The van der Waals surface area contributed by atoms with Crippen molar-refractivity contribution in [1.82, 2.24) is 14.8 Å². The second-order valence-electron chi connectivity index (χ2n) is 4.62. The Morgan fingerprint density at radius 3 is 2.95 bits per heavy atom. The van der Waals surface area contributed by atoms with Gasteiger partial charge in [-0.1, -0.05) is 6.92 Å². The minimum Gasteiger partial charge on any atom is -0.370 e. The zero-order chi connectivity index (χ0) is 15.7. The van der Waals surface area contributed by atoms with Gasteiger partial charge in [0.1, 0.15) is 0 Å². The topological polar surface area (TPSA) is 112 Å². The number of nitrogens with zero attached hydrogens (tertiary/aromatic N) is 4. The average molecular weight is 314 g/mol. The van der Waals surface area contributed by atoms with Crippen LogP contribution in [0.1, 0.15) is 23.0 Å². The molecule has 2 aromatic heterocycles. The van der Waals surface area contributed by atoms with Gasteiger partial charge in [-0.05, 0) is 24.6 Å². The molecule has 0 bridgehead atoms. The Morgan fingerprint density at radius 2 is 2.23 bits per heavy atom. The first kappa shape index (κ1) is 14.2. The second kappa shape index (κ2) is 5.57. The van der Waals surface area contributed by atoms with E-state index < -0.39 is 5.91 Å². The van der Waals surface area contributed by atoms with E-state index >= 15 is 0 Å². The molecule has 2 heterocycles. The van der Waals surface area contributed by atoms with Crippen molar-refractivity contribution in [3.05, 3.63) is 41.2 Å². The lowest BCUT2D eigenvalue weighted by molar-refractivity contribution is 0.100. The summed E-state index contributed by atoms with van der Waals surface area (Å²) >= 11 is 1.56. The van der Waals surface area contributed by atoms with E-state index in [2.05, 4.69) is 15.1 Å². The van der Waals surface area contributed by atoms with Crippen LogP contribution in [0.3, 0.4) is 0 Å². The Labute approximate surface area is 130 Å². The van der Waals surface area contributed by atoms with Crippen molar-refractivity contribution in [3.63, 3.8) is 0 Å². The van der Waals surface area contributed by atoms with Gasteiger partial charge in [0, 0.05) is 0 Å². The third kappa shape index (κ3) is 2.44. The van der Waals surface area contributed by atoms with Gasteiger partial charge in [0.15, 0.2) is 5.96 Å². The quantitative estimate of drug-likeness (QED) is 0.561. The second-order valence-corrected chi connectivity index (χ2v) is 5.50. The highest BCUT2D eigenvalue weighted by molar-refractivity contribution is 7.16. The molecule has 1 aromatic carbocycles. The van der Waals surface area contributed by atoms with Gasteiger partial charge >= 0.3 is 0 Å². The summed E-state index contributed by atoms with van der Waals surface area (Å²) in [5, 5.41) is 4.31. The van der Waals surface area contributed by atoms with Gasteiger partial charge in [-0.2, -0.15) is 10.1 Å².